The van der Waals surface area contributed by atoms with E-state index in [0.717, 1.165) is 0 Å². The molecule has 0 fully saturated rings. The summed E-state index contributed by atoms with van der Waals surface area (Å²) in [5.74, 6) is 0.446. The molecule has 0 saturated carbocycles. The summed E-state index contributed by atoms with van der Waals surface area (Å²) in [7, 11) is 1.48. The van der Waals surface area contributed by atoms with Crippen LogP contribution >= 0.6 is 0 Å². The van der Waals surface area contributed by atoms with Crippen LogP contribution in [0.5, 0.6) is 0 Å². The van der Waals surface area contributed by atoms with Gasteiger partial charge >= 0.3 is 0 Å². The Labute approximate surface area is 67.3 Å². The first-order valence-corrected chi connectivity index (χ1v) is 3.69. The van der Waals surface area contributed by atoms with E-state index < -0.39 is 0 Å². The van der Waals surface area contributed by atoms with E-state index in [0.29, 0.717) is 12.5 Å². The molecule has 0 aromatic rings. The van der Waals surface area contributed by atoms with Gasteiger partial charge < -0.3 is 10.2 Å². The van der Waals surface area contributed by atoms with Gasteiger partial charge in [0.2, 0.25) is 5.91 Å². The number of hydroxylamine groups is 1. The third kappa shape index (κ3) is 7.29. The minimum absolute atomic E-state index is 0.0412. The minimum atomic E-state index is -0.0412. The topological polar surface area (TPSA) is 50.4 Å². The van der Waals surface area contributed by atoms with Gasteiger partial charge in [-0.2, -0.15) is 5.48 Å². The maximum Gasteiger partial charge on any atom is 0.236 e. The van der Waals surface area contributed by atoms with Crippen LogP contribution in [0.2, 0.25) is 0 Å². The molecule has 0 heterocycles. The first-order valence-electron chi connectivity index (χ1n) is 3.69. The highest BCUT2D eigenvalue weighted by Crippen LogP contribution is 1.85. The molecule has 0 saturated heterocycles. The van der Waals surface area contributed by atoms with E-state index in [1.54, 1.807) is 0 Å². The molecule has 0 aromatic heterocycles. The van der Waals surface area contributed by atoms with Gasteiger partial charge in [0.1, 0.15) is 0 Å². The van der Waals surface area contributed by atoms with Crippen LogP contribution in [0.4, 0.5) is 0 Å². The summed E-state index contributed by atoms with van der Waals surface area (Å²) < 4.78 is 0. The van der Waals surface area contributed by atoms with Crippen molar-refractivity contribution in [3.8, 4) is 0 Å². The maximum absolute atomic E-state index is 10.9. The van der Waals surface area contributed by atoms with E-state index in [2.05, 4.69) is 15.6 Å². The lowest BCUT2D eigenvalue weighted by molar-refractivity contribution is -0.122. The van der Waals surface area contributed by atoms with Gasteiger partial charge in [0, 0.05) is 6.54 Å². The number of amides is 1. The van der Waals surface area contributed by atoms with Gasteiger partial charge in [-0.25, -0.2) is 0 Å². The zero-order chi connectivity index (χ0) is 8.69. The molecule has 4 nitrogen and oxygen atoms in total. The van der Waals surface area contributed by atoms with E-state index in [9.17, 15) is 4.79 Å². The lowest BCUT2D eigenvalue weighted by Crippen LogP contribution is -2.35. The molecule has 1 amide bonds. The molecule has 0 unspecified atom stereocenters. The molecule has 0 aliphatic carbocycles. The van der Waals surface area contributed by atoms with Gasteiger partial charge in [-0.15, -0.1) is 0 Å². The van der Waals surface area contributed by atoms with E-state index in [1.165, 1.54) is 7.11 Å². The molecule has 0 spiro atoms. The monoisotopic (exact) mass is 160 g/mol. The molecule has 4 heteroatoms. The van der Waals surface area contributed by atoms with Gasteiger partial charge in [0.15, 0.2) is 0 Å². The number of nitrogens with one attached hydrogen (secondary N) is 2. The zero-order valence-corrected chi connectivity index (χ0v) is 7.31. The van der Waals surface area contributed by atoms with Crippen LogP contribution in [-0.4, -0.2) is 26.1 Å². The summed E-state index contributed by atoms with van der Waals surface area (Å²) in [4.78, 5) is 15.4. The van der Waals surface area contributed by atoms with Crippen LogP contribution in [0, 0.1) is 5.92 Å². The standard InChI is InChI=1S/C7H16N2O2/c1-6(2)4-8-7(10)5-9-11-3/h6,9H,4-5H2,1-3H3,(H,8,10). The largest absolute Gasteiger partial charge is 0.355 e. The number of carbonyl (C=O) groups excluding carboxylic acids is 1. The first kappa shape index (κ1) is 10.4. The molecule has 66 valence electrons. The second-order valence-corrected chi connectivity index (χ2v) is 2.72. The Balaban J connectivity index is 3.23. The van der Waals surface area contributed by atoms with Gasteiger partial charge in [0.05, 0.1) is 13.7 Å². The van der Waals surface area contributed by atoms with Crippen molar-refractivity contribution in [3.05, 3.63) is 0 Å². The first-order chi connectivity index (χ1) is 5.16. The molecule has 2 N–H and O–H groups in total. The van der Waals surface area contributed by atoms with E-state index in [-0.39, 0.29) is 12.5 Å². The molecule has 0 atom stereocenters. The lowest BCUT2D eigenvalue weighted by atomic mass is 10.2. The highest BCUT2D eigenvalue weighted by atomic mass is 16.6. The van der Waals surface area contributed by atoms with E-state index in [1.807, 2.05) is 13.8 Å². The molecule has 11 heavy (non-hydrogen) atoms. The van der Waals surface area contributed by atoms with Crippen molar-refractivity contribution < 1.29 is 9.63 Å². The highest BCUT2D eigenvalue weighted by Gasteiger charge is 1.99. The molecular formula is C7H16N2O2. The maximum atomic E-state index is 10.9. The van der Waals surface area contributed by atoms with Crippen LogP contribution in [0.1, 0.15) is 13.8 Å². The summed E-state index contributed by atoms with van der Waals surface area (Å²) in [5.41, 5.74) is 2.46. The van der Waals surface area contributed by atoms with Crippen LogP contribution in [0.3, 0.4) is 0 Å². The molecule has 0 bridgehead atoms. The Morgan fingerprint density at radius 3 is 2.64 bits per heavy atom. The van der Waals surface area contributed by atoms with Crippen molar-refractivity contribution in [1.82, 2.24) is 10.8 Å². The van der Waals surface area contributed by atoms with Crippen molar-refractivity contribution in [1.29, 1.82) is 0 Å². The SMILES string of the molecule is CONCC(=O)NCC(C)C. The van der Waals surface area contributed by atoms with Gasteiger partial charge in [-0.1, -0.05) is 13.8 Å². The Bertz CT molecular complexity index is 115. The van der Waals surface area contributed by atoms with Crippen molar-refractivity contribution in [2.24, 2.45) is 5.92 Å². The average Bonchev–Trinajstić information content (AvgIpc) is 1.97. The quantitative estimate of drug-likeness (QED) is 0.553. The van der Waals surface area contributed by atoms with Gasteiger partial charge in [-0.3, -0.25) is 4.79 Å². The van der Waals surface area contributed by atoms with Crippen LogP contribution < -0.4 is 10.8 Å². The fraction of sp³-hybridized carbons (Fsp3) is 0.857. The second kappa shape index (κ2) is 6.12. The molecule has 0 aromatic carbocycles. The van der Waals surface area contributed by atoms with Gasteiger partial charge in [-0.05, 0) is 5.92 Å². The Kier molecular flexibility index (Phi) is 5.78. The average molecular weight is 160 g/mol. The summed E-state index contributed by atoms with van der Waals surface area (Å²) in [6.45, 7) is 5.02. The highest BCUT2D eigenvalue weighted by molar-refractivity contribution is 5.77. The normalized spacial score (nSPS) is 10.2. The van der Waals surface area contributed by atoms with Crippen molar-refractivity contribution in [2.75, 3.05) is 20.2 Å². The number of carbonyl (C=O) groups is 1. The Morgan fingerprint density at radius 2 is 2.18 bits per heavy atom. The number of hydrogen-bond acceptors (Lipinski definition) is 3. The van der Waals surface area contributed by atoms with Crippen LogP contribution in [-0.2, 0) is 9.63 Å². The van der Waals surface area contributed by atoms with Crippen LogP contribution in [0.15, 0.2) is 0 Å². The third-order valence-electron chi connectivity index (χ3n) is 1.08. The third-order valence-corrected chi connectivity index (χ3v) is 1.08. The molecule has 0 aliphatic heterocycles. The summed E-state index contributed by atoms with van der Waals surface area (Å²) in [6.07, 6.45) is 0. The molecule has 0 aliphatic rings. The second-order valence-electron chi connectivity index (χ2n) is 2.72. The van der Waals surface area contributed by atoms with Crippen LogP contribution in [0.25, 0.3) is 0 Å². The lowest BCUT2D eigenvalue weighted by Gasteiger charge is -2.06. The molecule has 0 radical (unpaired) electrons. The smallest absolute Gasteiger partial charge is 0.236 e. The zero-order valence-electron chi connectivity index (χ0n) is 7.31. The summed E-state index contributed by atoms with van der Waals surface area (Å²) in [5, 5.41) is 2.74. The Hall–Kier alpha value is -0.610. The van der Waals surface area contributed by atoms with Gasteiger partial charge in [0.25, 0.3) is 0 Å². The molecule has 0 rings (SSSR count). The van der Waals surface area contributed by atoms with Crippen molar-refractivity contribution in [3.63, 3.8) is 0 Å². The molecular weight excluding hydrogens is 144 g/mol. The van der Waals surface area contributed by atoms with Crippen molar-refractivity contribution >= 4 is 5.91 Å². The number of hydrogen-bond donors (Lipinski definition) is 2. The fourth-order valence-electron chi connectivity index (χ4n) is 0.518. The summed E-state index contributed by atoms with van der Waals surface area (Å²) in [6, 6.07) is 0. The summed E-state index contributed by atoms with van der Waals surface area (Å²) >= 11 is 0. The van der Waals surface area contributed by atoms with E-state index >= 15 is 0 Å². The fourth-order valence-corrected chi connectivity index (χ4v) is 0.518. The predicted octanol–water partition coefficient (Wildman–Crippen LogP) is -0.0904. The van der Waals surface area contributed by atoms with Crippen molar-refractivity contribution in [2.45, 2.75) is 13.8 Å². The minimum Gasteiger partial charge on any atom is -0.355 e. The number of rotatable bonds is 5. The Morgan fingerprint density at radius 1 is 1.55 bits per heavy atom. The predicted molar refractivity (Wildman–Crippen MR) is 42.9 cm³/mol. The van der Waals surface area contributed by atoms with E-state index in [4.69, 9.17) is 0 Å².